The minimum Gasteiger partial charge on any atom is -0.467 e. The van der Waals surface area contributed by atoms with Crippen molar-refractivity contribution in [1.82, 2.24) is 10.3 Å². The quantitative estimate of drug-likeness (QED) is 0.905. The van der Waals surface area contributed by atoms with Crippen molar-refractivity contribution in [3.63, 3.8) is 0 Å². The molecule has 1 aromatic heterocycles. The second-order valence-corrected chi connectivity index (χ2v) is 5.07. The molecule has 1 aromatic rings. The molecule has 1 saturated heterocycles. The van der Waals surface area contributed by atoms with Crippen LogP contribution in [0.15, 0.2) is 18.3 Å². The highest BCUT2D eigenvalue weighted by Crippen LogP contribution is 2.21. The van der Waals surface area contributed by atoms with E-state index in [4.69, 9.17) is 4.74 Å². The van der Waals surface area contributed by atoms with Crippen LogP contribution in [0.5, 0.6) is 5.88 Å². The largest absolute Gasteiger partial charge is 0.467 e. The Bertz CT molecular complexity index is 516. The molecule has 8 heteroatoms. The normalized spacial score (nSPS) is 19.7. The molecule has 122 valence electrons. The van der Waals surface area contributed by atoms with Crippen LogP contribution in [0, 0.1) is 0 Å². The summed E-state index contributed by atoms with van der Waals surface area (Å²) < 4.78 is 46.7. The van der Waals surface area contributed by atoms with E-state index in [0.717, 1.165) is 12.8 Å². The van der Waals surface area contributed by atoms with Gasteiger partial charge in [0.1, 0.15) is 5.56 Å². The summed E-state index contributed by atoms with van der Waals surface area (Å²) in [7, 11) is 0. The molecule has 0 unspecified atom stereocenters. The van der Waals surface area contributed by atoms with Gasteiger partial charge in [0.05, 0.1) is 12.1 Å². The third-order valence-corrected chi connectivity index (χ3v) is 3.27. The van der Waals surface area contributed by atoms with Gasteiger partial charge in [0.2, 0.25) is 5.88 Å². The molecule has 2 rings (SSSR count). The summed E-state index contributed by atoms with van der Waals surface area (Å²) in [6.45, 7) is 0.948. The van der Waals surface area contributed by atoms with Crippen molar-refractivity contribution in [3.05, 3.63) is 23.9 Å². The van der Waals surface area contributed by atoms with Crippen molar-refractivity contribution in [3.8, 4) is 5.88 Å². The van der Waals surface area contributed by atoms with Crippen LogP contribution in [-0.4, -0.2) is 42.4 Å². The standard InChI is InChI=1S/C14H17F3N2O3/c1-9(11-5-3-7-21-11)19-12(20)10-4-2-6-18-13(10)22-8-14(15,16)17/h2,4,6,9,11H,3,5,7-8H2,1H3,(H,19,20)/t9-,11+/m0/s1. The van der Waals surface area contributed by atoms with Gasteiger partial charge in [-0.25, -0.2) is 4.98 Å². The molecule has 0 saturated carbocycles. The number of rotatable bonds is 5. The van der Waals surface area contributed by atoms with Crippen LogP contribution >= 0.6 is 0 Å². The number of carbonyl (C=O) groups is 1. The van der Waals surface area contributed by atoms with E-state index in [2.05, 4.69) is 15.0 Å². The number of pyridine rings is 1. The van der Waals surface area contributed by atoms with Crippen molar-refractivity contribution < 1.29 is 27.4 Å². The van der Waals surface area contributed by atoms with Gasteiger partial charge in [-0.15, -0.1) is 0 Å². The van der Waals surface area contributed by atoms with Crippen LogP contribution in [0.25, 0.3) is 0 Å². The summed E-state index contributed by atoms with van der Waals surface area (Å²) in [5.41, 5.74) is -0.0309. The minimum absolute atomic E-state index is 0.0309. The maximum Gasteiger partial charge on any atom is 0.422 e. The lowest BCUT2D eigenvalue weighted by Gasteiger charge is -2.20. The fourth-order valence-corrected chi connectivity index (χ4v) is 2.20. The summed E-state index contributed by atoms with van der Waals surface area (Å²) in [6.07, 6.45) is -1.54. The van der Waals surface area contributed by atoms with Crippen LogP contribution in [-0.2, 0) is 4.74 Å². The van der Waals surface area contributed by atoms with E-state index in [0.29, 0.717) is 6.61 Å². The van der Waals surface area contributed by atoms with Gasteiger partial charge in [0.25, 0.3) is 5.91 Å². The molecule has 0 bridgehead atoms. The Balaban J connectivity index is 2.02. The van der Waals surface area contributed by atoms with Crippen LogP contribution in [0.2, 0.25) is 0 Å². The maximum atomic E-state index is 12.2. The highest BCUT2D eigenvalue weighted by atomic mass is 19.4. The topological polar surface area (TPSA) is 60.5 Å². The van der Waals surface area contributed by atoms with Gasteiger partial charge in [0, 0.05) is 12.8 Å². The van der Waals surface area contributed by atoms with Gasteiger partial charge < -0.3 is 14.8 Å². The fourth-order valence-electron chi connectivity index (χ4n) is 2.20. The number of aromatic nitrogens is 1. The Labute approximate surface area is 125 Å². The van der Waals surface area contributed by atoms with Gasteiger partial charge >= 0.3 is 6.18 Å². The number of carbonyl (C=O) groups excluding carboxylic acids is 1. The van der Waals surface area contributed by atoms with E-state index in [9.17, 15) is 18.0 Å². The first kappa shape index (κ1) is 16.5. The Morgan fingerprint density at radius 2 is 2.36 bits per heavy atom. The molecule has 1 N–H and O–H groups in total. The van der Waals surface area contributed by atoms with E-state index >= 15 is 0 Å². The maximum absolute atomic E-state index is 12.2. The lowest BCUT2D eigenvalue weighted by atomic mass is 10.1. The van der Waals surface area contributed by atoms with Crippen molar-refractivity contribution >= 4 is 5.91 Å². The van der Waals surface area contributed by atoms with Gasteiger partial charge in [-0.3, -0.25) is 4.79 Å². The lowest BCUT2D eigenvalue weighted by molar-refractivity contribution is -0.154. The third-order valence-electron chi connectivity index (χ3n) is 3.27. The molecule has 0 aliphatic carbocycles. The van der Waals surface area contributed by atoms with Crippen LogP contribution in [0.4, 0.5) is 13.2 Å². The molecule has 1 aliphatic rings. The predicted octanol–water partition coefficient (Wildman–Crippen LogP) is 2.32. The van der Waals surface area contributed by atoms with Crippen molar-refractivity contribution in [2.24, 2.45) is 0 Å². The molecule has 5 nitrogen and oxygen atoms in total. The zero-order valence-corrected chi connectivity index (χ0v) is 12.0. The number of amides is 1. The van der Waals surface area contributed by atoms with Gasteiger partial charge in [0.15, 0.2) is 6.61 Å². The monoisotopic (exact) mass is 318 g/mol. The van der Waals surface area contributed by atoms with E-state index in [-0.39, 0.29) is 23.6 Å². The molecule has 2 heterocycles. The van der Waals surface area contributed by atoms with E-state index in [1.807, 2.05) is 0 Å². The van der Waals surface area contributed by atoms with Crippen LogP contribution in [0.1, 0.15) is 30.1 Å². The SMILES string of the molecule is C[C@H](NC(=O)c1cccnc1OCC(F)(F)F)[C@H]1CCCO1. The number of ether oxygens (including phenoxy) is 2. The smallest absolute Gasteiger partial charge is 0.422 e. The molecule has 22 heavy (non-hydrogen) atoms. The summed E-state index contributed by atoms with van der Waals surface area (Å²) >= 11 is 0. The molecule has 1 amide bonds. The molecular formula is C14H17F3N2O3. The van der Waals surface area contributed by atoms with Crippen molar-refractivity contribution in [2.45, 2.75) is 38.1 Å². The average molecular weight is 318 g/mol. The molecule has 1 fully saturated rings. The zero-order valence-electron chi connectivity index (χ0n) is 12.0. The molecule has 0 aromatic carbocycles. The summed E-state index contributed by atoms with van der Waals surface area (Å²) in [5, 5.41) is 2.71. The molecular weight excluding hydrogens is 301 g/mol. The van der Waals surface area contributed by atoms with Gasteiger partial charge in [-0.2, -0.15) is 13.2 Å². The second kappa shape index (κ2) is 6.95. The van der Waals surface area contributed by atoms with Crippen LogP contribution in [0.3, 0.4) is 0 Å². The first-order valence-electron chi connectivity index (χ1n) is 6.94. The number of nitrogens with zero attached hydrogens (tertiary/aromatic N) is 1. The lowest BCUT2D eigenvalue weighted by Crippen LogP contribution is -2.41. The second-order valence-electron chi connectivity index (χ2n) is 5.07. The van der Waals surface area contributed by atoms with Gasteiger partial charge in [-0.05, 0) is 31.9 Å². The number of hydrogen-bond donors (Lipinski definition) is 1. The van der Waals surface area contributed by atoms with Crippen molar-refractivity contribution in [1.29, 1.82) is 0 Å². The first-order chi connectivity index (χ1) is 10.4. The average Bonchev–Trinajstić information content (AvgIpc) is 2.99. The number of halogens is 3. The summed E-state index contributed by atoms with van der Waals surface area (Å²) in [6, 6.07) is 2.59. The number of nitrogens with one attached hydrogen (secondary N) is 1. The van der Waals surface area contributed by atoms with E-state index in [1.54, 1.807) is 6.92 Å². The third kappa shape index (κ3) is 4.59. The van der Waals surface area contributed by atoms with Crippen LogP contribution < -0.4 is 10.1 Å². The molecule has 1 aliphatic heterocycles. The Morgan fingerprint density at radius 3 is 3.00 bits per heavy atom. The molecule has 0 spiro atoms. The highest BCUT2D eigenvalue weighted by molar-refractivity contribution is 5.96. The first-order valence-corrected chi connectivity index (χ1v) is 6.94. The highest BCUT2D eigenvalue weighted by Gasteiger charge is 2.30. The predicted molar refractivity (Wildman–Crippen MR) is 71.7 cm³/mol. The Morgan fingerprint density at radius 1 is 1.59 bits per heavy atom. The minimum atomic E-state index is -4.49. The van der Waals surface area contributed by atoms with E-state index in [1.165, 1.54) is 18.3 Å². The number of alkyl halides is 3. The fraction of sp³-hybridized carbons (Fsp3) is 0.571. The molecule has 0 radical (unpaired) electrons. The zero-order chi connectivity index (χ0) is 16.2. The van der Waals surface area contributed by atoms with Gasteiger partial charge in [-0.1, -0.05) is 0 Å². The van der Waals surface area contributed by atoms with Crippen molar-refractivity contribution in [2.75, 3.05) is 13.2 Å². The van der Waals surface area contributed by atoms with E-state index < -0.39 is 18.7 Å². The Hall–Kier alpha value is -1.83. The molecule has 2 atom stereocenters. The Kier molecular flexibility index (Phi) is 5.23. The summed E-state index contributed by atoms with van der Waals surface area (Å²) in [5.74, 6) is -0.870. The number of hydrogen-bond acceptors (Lipinski definition) is 4. The summed E-state index contributed by atoms with van der Waals surface area (Å²) in [4.78, 5) is 15.9.